The monoisotopic (exact) mass is 414 g/mol. The quantitative estimate of drug-likeness (QED) is 0.751. The fourth-order valence-electron chi connectivity index (χ4n) is 1.56. The fraction of sp³-hybridized carbons (Fsp3) is 0.471. The maximum Gasteiger partial charge on any atom is 0.408 e. The molecule has 28 heavy (non-hydrogen) atoms. The molecule has 0 saturated carbocycles. The van der Waals surface area contributed by atoms with Gasteiger partial charge in [0.15, 0.2) is 11.5 Å². The minimum Gasteiger partial charge on any atom is -0.494 e. The van der Waals surface area contributed by atoms with Gasteiger partial charge < -0.3 is 25.3 Å². The number of amides is 1. The second kappa shape index (κ2) is 12.6. The lowest BCUT2D eigenvalue weighted by Crippen LogP contribution is -2.32. The van der Waals surface area contributed by atoms with Crippen LogP contribution in [0.5, 0.6) is 11.5 Å². The summed E-state index contributed by atoms with van der Waals surface area (Å²) in [4.78, 5) is 27.2. The van der Waals surface area contributed by atoms with Crippen LogP contribution >= 0.6 is 12.4 Å². The number of aromatic nitrogens is 4. The van der Waals surface area contributed by atoms with Crippen LogP contribution in [-0.2, 0) is 17.8 Å². The van der Waals surface area contributed by atoms with Gasteiger partial charge in [0.2, 0.25) is 0 Å². The number of nitrogens with two attached hydrogens (primary N) is 1. The lowest BCUT2D eigenvalue weighted by atomic mass is 10.2. The molecular formula is C17H27ClN6O4. The van der Waals surface area contributed by atoms with Gasteiger partial charge in [-0.3, -0.25) is 0 Å². The van der Waals surface area contributed by atoms with Crippen molar-refractivity contribution in [2.75, 3.05) is 14.2 Å². The largest absolute Gasteiger partial charge is 0.494 e. The van der Waals surface area contributed by atoms with Crippen LogP contribution in [0.25, 0.3) is 0 Å². The molecule has 3 N–H and O–H groups in total. The summed E-state index contributed by atoms with van der Waals surface area (Å²) in [5.74, 6) is 2.35. The standard InChI is InChI=1S/C11H17N3O3.C6H9N3O.ClH/c1-11(2,3)17-10(15)14-7-9-12-5-8(16-4)6-13-9;1-10-5-3-8-6(2-7)9-4-5;/h5-6H,7H2,1-4H3,(H,14,15);3-4H,2,7H2,1H3;1H. The van der Waals surface area contributed by atoms with Gasteiger partial charge in [0.05, 0.1) is 52.1 Å². The average Bonchev–Trinajstić information content (AvgIpc) is 2.66. The minimum atomic E-state index is -0.509. The van der Waals surface area contributed by atoms with Crippen molar-refractivity contribution in [2.45, 2.75) is 39.5 Å². The molecule has 0 saturated heterocycles. The lowest BCUT2D eigenvalue weighted by Gasteiger charge is -2.19. The zero-order valence-corrected chi connectivity index (χ0v) is 17.4. The van der Waals surface area contributed by atoms with Crippen LogP contribution in [0.1, 0.15) is 32.4 Å². The highest BCUT2D eigenvalue weighted by atomic mass is 35.5. The highest BCUT2D eigenvalue weighted by Crippen LogP contribution is 2.07. The Morgan fingerprint density at radius 2 is 1.39 bits per heavy atom. The Morgan fingerprint density at radius 1 is 0.964 bits per heavy atom. The number of hydrogen-bond acceptors (Lipinski definition) is 9. The fourth-order valence-corrected chi connectivity index (χ4v) is 1.56. The van der Waals surface area contributed by atoms with Crippen LogP contribution in [0.3, 0.4) is 0 Å². The predicted molar refractivity (Wildman–Crippen MR) is 105 cm³/mol. The van der Waals surface area contributed by atoms with Gasteiger partial charge in [0, 0.05) is 0 Å². The molecule has 2 rings (SSSR count). The van der Waals surface area contributed by atoms with Crippen LogP contribution in [0.4, 0.5) is 4.79 Å². The van der Waals surface area contributed by atoms with Crippen LogP contribution < -0.4 is 20.5 Å². The van der Waals surface area contributed by atoms with Crippen LogP contribution in [-0.4, -0.2) is 45.8 Å². The second-order valence-corrected chi connectivity index (χ2v) is 6.14. The highest BCUT2D eigenvalue weighted by Gasteiger charge is 2.15. The van der Waals surface area contributed by atoms with Crippen LogP contribution in [0.15, 0.2) is 24.8 Å². The van der Waals surface area contributed by atoms with E-state index in [1.807, 2.05) is 0 Å². The van der Waals surface area contributed by atoms with Gasteiger partial charge in [-0.05, 0) is 20.8 Å². The highest BCUT2D eigenvalue weighted by molar-refractivity contribution is 5.85. The van der Waals surface area contributed by atoms with Gasteiger partial charge in [-0.15, -0.1) is 12.4 Å². The first-order valence-corrected chi connectivity index (χ1v) is 8.14. The van der Waals surface area contributed by atoms with Gasteiger partial charge in [0.25, 0.3) is 0 Å². The number of ether oxygens (including phenoxy) is 3. The number of hydrogen-bond donors (Lipinski definition) is 2. The number of halogens is 1. The molecule has 0 aliphatic rings. The first-order valence-electron chi connectivity index (χ1n) is 8.14. The van der Waals surface area contributed by atoms with Gasteiger partial charge in [0.1, 0.15) is 17.2 Å². The van der Waals surface area contributed by atoms with Gasteiger partial charge in [-0.1, -0.05) is 0 Å². The van der Waals surface area contributed by atoms with Crippen molar-refractivity contribution in [3.05, 3.63) is 36.4 Å². The van der Waals surface area contributed by atoms with Crippen molar-refractivity contribution in [1.82, 2.24) is 25.3 Å². The van der Waals surface area contributed by atoms with E-state index in [4.69, 9.17) is 19.9 Å². The number of nitrogens with zero attached hydrogens (tertiary/aromatic N) is 4. The zero-order valence-electron chi connectivity index (χ0n) is 16.6. The van der Waals surface area contributed by atoms with E-state index in [0.717, 1.165) is 0 Å². The second-order valence-electron chi connectivity index (χ2n) is 6.14. The molecule has 0 atom stereocenters. The average molecular weight is 415 g/mol. The van der Waals surface area contributed by atoms with Crippen molar-refractivity contribution in [2.24, 2.45) is 5.73 Å². The molecule has 0 radical (unpaired) electrons. The molecule has 0 fully saturated rings. The molecule has 1 amide bonds. The van der Waals surface area contributed by atoms with E-state index < -0.39 is 11.7 Å². The summed E-state index contributed by atoms with van der Waals surface area (Å²) in [7, 11) is 3.11. The maximum atomic E-state index is 11.3. The summed E-state index contributed by atoms with van der Waals surface area (Å²) in [6.45, 7) is 5.99. The number of methoxy groups -OCH3 is 2. The van der Waals surface area contributed by atoms with E-state index in [1.54, 1.807) is 52.7 Å². The Morgan fingerprint density at radius 3 is 1.75 bits per heavy atom. The number of carbonyl (C=O) groups excluding carboxylic acids is 1. The first kappa shape index (κ1) is 25.3. The third-order valence-electron chi connectivity index (χ3n) is 2.81. The number of nitrogens with one attached hydrogen (secondary N) is 1. The smallest absolute Gasteiger partial charge is 0.408 e. The Labute approximate surface area is 170 Å². The molecular weight excluding hydrogens is 388 g/mol. The minimum absolute atomic E-state index is 0. The predicted octanol–water partition coefficient (Wildman–Crippen LogP) is 1.88. The molecule has 2 aromatic heterocycles. The molecule has 0 aromatic carbocycles. The van der Waals surface area contributed by atoms with E-state index in [-0.39, 0.29) is 19.0 Å². The Balaban J connectivity index is 0.000000567. The van der Waals surface area contributed by atoms with Crippen molar-refractivity contribution < 1.29 is 19.0 Å². The summed E-state index contributed by atoms with van der Waals surface area (Å²) in [5, 5.41) is 2.57. The molecule has 0 aliphatic heterocycles. The summed E-state index contributed by atoms with van der Waals surface area (Å²) < 4.78 is 14.8. The molecule has 2 aromatic rings. The molecule has 0 aliphatic carbocycles. The van der Waals surface area contributed by atoms with Gasteiger partial charge in [-0.2, -0.15) is 0 Å². The Kier molecular flexibility index (Phi) is 11.4. The molecule has 156 valence electrons. The Hall–Kier alpha value is -2.72. The van der Waals surface area contributed by atoms with Crippen molar-refractivity contribution in [3.8, 4) is 11.5 Å². The van der Waals surface area contributed by atoms with E-state index in [1.165, 1.54) is 7.11 Å². The van der Waals surface area contributed by atoms with Crippen LogP contribution in [0.2, 0.25) is 0 Å². The van der Waals surface area contributed by atoms with Crippen molar-refractivity contribution in [1.29, 1.82) is 0 Å². The lowest BCUT2D eigenvalue weighted by molar-refractivity contribution is 0.0522. The maximum absolute atomic E-state index is 11.3. The number of carbonyl (C=O) groups is 1. The van der Waals surface area contributed by atoms with Gasteiger partial charge >= 0.3 is 6.09 Å². The van der Waals surface area contributed by atoms with E-state index in [2.05, 4.69) is 25.3 Å². The Bertz CT molecular complexity index is 669. The first-order chi connectivity index (χ1) is 12.8. The van der Waals surface area contributed by atoms with Gasteiger partial charge in [-0.25, -0.2) is 24.7 Å². The topological polar surface area (TPSA) is 134 Å². The van der Waals surface area contributed by atoms with E-state index in [0.29, 0.717) is 29.7 Å². The number of rotatable bonds is 5. The zero-order chi connectivity index (χ0) is 20.3. The molecule has 11 heteroatoms. The van der Waals surface area contributed by atoms with E-state index >= 15 is 0 Å². The summed E-state index contributed by atoms with van der Waals surface area (Å²) >= 11 is 0. The van der Waals surface area contributed by atoms with Crippen molar-refractivity contribution in [3.63, 3.8) is 0 Å². The molecule has 0 bridgehead atoms. The molecule has 0 unspecified atom stereocenters. The molecule has 2 heterocycles. The number of alkyl carbamates (subject to hydrolysis) is 1. The third-order valence-corrected chi connectivity index (χ3v) is 2.81. The summed E-state index contributed by atoms with van der Waals surface area (Å²) in [5.41, 5.74) is 4.77. The molecule has 10 nitrogen and oxygen atoms in total. The third kappa shape index (κ3) is 10.4. The summed E-state index contributed by atoms with van der Waals surface area (Å²) in [6, 6.07) is 0. The van der Waals surface area contributed by atoms with Crippen LogP contribution in [0, 0.1) is 0 Å². The van der Waals surface area contributed by atoms with E-state index in [9.17, 15) is 4.79 Å². The molecule has 0 spiro atoms. The summed E-state index contributed by atoms with van der Waals surface area (Å²) in [6.07, 6.45) is 5.78. The SMILES string of the molecule is COc1cnc(CN)nc1.COc1cnc(CNC(=O)OC(C)(C)C)nc1.Cl. The van der Waals surface area contributed by atoms with Crippen molar-refractivity contribution >= 4 is 18.5 Å². The normalized spacial score (nSPS) is 9.93.